The highest BCUT2D eigenvalue weighted by molar-refractivity contribution is 9.10. The summed E-state index contributed by atoms with van der Waals surface area (Å²) >= 11 is 3.29. The molecule has 2 rings (SSSR count). The summed E-state index contributed by atoms with van der Waals surface area (Å²) in [5.41, 5.74) is 0.687. The molecule has 0 spiro atoms. The summed E-state index contributed by atoms with van der Waals surface area (Å²) in [6.07, 6.45) is 5.29. The topological polar surface area (TPSA) is 71.3 Å². The van der Waals surface area contributed by atoms with Gasteiger partial charge in [0.2, 0.25) is 5.91 Å². The summed E-state index contributed by atoms with van der Waals surface area (Å²) in [7, 11) is 1.59. The fourth-order valence-electron chi connectivity index (χ4n) is 1.27. The molecule has 0 saturated heterocycles. The molecule has 2 heterocycles. The van der Waals surface area contributed by atoms with E-state index >= 15 is 0 Å². The Labute approximate surface area is 100 Å². The van der Waals surface area contributed by atoms with Crippen LogP contribution in [0.2, 0.25) is 0 Å². The number of nitrogens with zero attached hydrogens (tertiary/aromatic N) is 3. The normalized spacial score (nSPS) is 10.4. The van der Waals surface area contributed by atoms with Gasteiger partial charge >= 0.3 is 0 Å². The zero-order valence-corrected chi connectivity index (χ0v) is 10.2. The first-order chi connectivity index (χ1) is 7.70. The smallest absolute Gasteiger partial charge is 0.239 e. The van der Waals surface area contributed by atoms with Gasteiger partial charge in [-0.3, -0.25) is 4.79 Å². The molecule has 84 valence electrons. The molecule has 2 aromatic rings. The summed E-state index contributed by atoms with van der Waals surface area (Å²) in [4.78, 5) is 19.5. The van der Waals surface area contributed by atoms with Crippen LogP contribution in [0.4, 0.5) is 5.82 Å². The van der Waals surface area contributed by atoms with E-state index in [-0.39, 0.29) is 12.5 Å². The molecule has 0 unspecified atom stereocenters. The second-order valence-corrected chi connectivity index (χ2v) is 3.91. The van der Waals surface area contributed by atoms with Gasteiger partial charge in [0.05, 0.1) is 6.54 Å². The fourth-order valence-corrected chi connectivity index (χ4v) is 1.67. The quantitative estimate of drug-likeness (QED) is 0.868. The van der Waals surface area contributed by atoms with Crippen LogP contribution in [-0.2, 0) is 4.79 Å². The highest BCUT2D eigenvalue weighted by Crippen LogP contribution is 2.16. The lowest BCUT2D eigenvalue weighted by molar-refractivity contribution is -0.118. The number of hydrogen-bond acceptors (Lipinski definition) is 4. The minimum absolute atomic E-state index is 0.105. The number of aromatic nitrogens is 3. The molecule has 0 aliphatic carbocycles. The zero-order valence-electron chi connectivity index (χ0n) is 8.57. The Kier molecular flexibility index (Phi) is 3.04. The van der Waals surface area contributed by atoms with E-state index in [1.54, 1.807) is 19.4 Å². The maximum absolute atomic E-state index is 11.1. The van der Waals surface area contributed by atoms with E-state index < -0.39 is 0 Å². The molecule has 1 amide bonds. The molecule has 0 aliphatic heterocycles. The number of imidazole rings is 1. The van der Waals surface area contributed by atoms with E-state index in [1.807, 2.05) is 10.6 Å². The van der Waals surface area contributed by atoms with Crippen molar-refractivity contribution in [2.45, 2.75) is 0 Å². The largest absolute Gasteiger partial charge is 0.358 e. The lowest BCUT2D eigenvalue weighted by Crippen LogP contribution is -2.26. The maximum Gasteiger partial charge on any atom is 0.239 e. The van der Waals surface area contributed by atoms with Gasteiger partial charge in [-0.1, -0.05) is 0 Å². The molecule has 7 heteroatoms. The van der Waals surface area contributed by atoms with Gasteiger partial charge in [-0.15, -0.1) is 0 Å². The number of hydrogen-bond donors (Lipinski definition) is 2. The van der Waals surface area contributed by atoms with Gasteiger partial charge in [0.25, 0.3) is 0 Å². The molecule has 0 aromatic carbocycles. The first-order valence-electron chi connectivity index (χ1n) is 4.64. The number of anilines is 1. The molecular formula is C9H10BrN5O. The van der Waals surface area contributed by atoms with E-state index in [0.717, 1.165) is 0 Å². The Morgan fingerprint density at radius 1 is 1.62 bits per heavy atom. The number of rotatable bonds is 3. The molecule has 0 saturated carbocycles. The average molecular weight is 284 g/mol. The predicted molar refractivity (Wildman–Crippen MR) is 63.2 cm³/mol. The Bertz CT molecular complexity index is 524. The van der Waals surface area contributed by atoms with Gasteiger partial charge in [0.15, 0.2) is 11.5 Å². The van der Waals surface area contributed by atoms with Gasteiger partial charge in [-0.2, -0.15) is 0 Å². The van der Waals surface area contributed by atoms with E-state index in [1.165, 1.54) is 0 Å². The molecule has 0 aliphatic rings. The molecule has 0 fully saturated rings. The van der Waals surface area contributed by atoms with Gasteiger partial charge < -0.3 is 15.0 Å². The van der Waals surface area contributed by atoms with Crippen molar-refractivity contribution >= 4 is 33.3 Å². The highest BCUT2D eigenvalue weighted by atomic mass is 79.9. The predicted octanol–water partition coefficient (Wildman–Crippen LogP) is 0.650. The summed E-state index contributed by atoms with van der Waals surface area (Å²) in [6, 6.07) is 0. The van der Waals surface area contributed by atoms with Gasteiger partial charge in [-0.05, 0) is 15.9 Å². The summed E-state index contributed by atoms with van der Waals surface area (Å²) in [5, 5.41) is 5.45. The van der Waals surface area contributed by atoms with Crippen molar-refractivity contribution in [3.8, 4) is 0 Å². The lowest BCUT2D eigenvalue weighted by atomic mass is 10.5. The van der Waals surface area contributed by atoms with Crippen molar-refractivity contribution in [2.75, 3.05) is 18.9 Å². The van der Waals surface area contributed by atoms with Crippen molar-refractivity contribution < 1.29 is 4.79 Å². The number of amides is 1. The van der Waals surface area contributed by atoms with Crippen LogP contribution >= 0.6 is 15.9 Å². The number of halogens is 1. The number of carbonyl (C=O) groups excluding carboxylic acids is 1. The zero-order chi connectivity index (χ0) is 11.5. The summed E-state index contributed by atoms with van der Waals surface area (Å²) < 4.78 is 2.50. The first kappa shape index (κ1) is 10.9. The molecule has 2 N–H and O–H groups in total. The third-order valence-electron chi connectivity index (χ3n) is 2.04. The van der Waals surface area contributed by atoms with Crippen molar-refractivity contribution in [2.24, 2.45) is 0 Å². The fraction of sp³-hybridized carbons (Fsp3) is 0.222. The lowest BCUT2D eigenvalue weighted by Gasteiger charge is -2.06. The Hall–Kier alpha value is -1.63. The summed E-state index contributed by atoms with van der Waals surface area (Å²) in [5.74, 6) is 0.467. The highest BCUT2D eigenvalue weighted by Gasteiger charge is 2.07. The standard InChI is InChI=1S/C9H10BrN5O/c1-11-7(16)4-13-8-9-12-2-3-15(9)5-6(10)14-8/h2-3,5H,4H2,1H3,(H,11,16)(H,13,14). The molecule has 16 heavy (non-hydrogen) atoms. The Balaban J connectivity index is 2.28. The van der Waals surface area contributed by atoms with Gasteiger partial charge in [-0.25, -0.2) is 9.97 Å². The Morgan fingerprint density at radius 3 is 3.19 bits per heavy atom. The number of nitrogens with one attached hydrogen (secondary N) is 2. The first-order valence-corrected chi connectivity index (χ1v) is 5.43. The molecule has 6 nitrogen and oxygen atoms in total. The van der Waals surface area contributed by atoms with Gasteiger partial charge in [0.1, 0.15) is 4.60 Å². The third kappa shape index (κ3) is 2.13. The van der Waals surface area contributed by atoms with Crippen LogP contribution in [0.3, 0.4) is 0 Å². The minimum atomic E-state index is -0.105. The second-order valence-electron chi connectivity index (χ2n) is 3.10. The van der Waals surface area contributed by atoms with Crippen LogP contribution in [0.25, 0.3) is 5.65 Å². The van der Waals surface area contributed by atoms with Crippen molar-refractivity contribution in [3.63, 3.8) is 0 Å². The van der Waals surface area contributed by atoms with Crippen LogP contribution < -0.4 is 10.6 Å². The van der Waals surface area contributed by atoms with Crippen molar-refractivity contribution in [3.05, 3.63) is 23.2 Å². The molecule has 0 bridgehead atoms. The van der Waals surface area contributed by atoms with Crippen LogP contribution in [0.5, 0.6) is 0 Å². The van der Waals surface area contributed by atoms with Crippen molar-refractivity contribution in [1.82, 2.24) is 19.7 Å². The Morgan fingerprint density at radius 2 is 2.44 bits per heavy atom. The van der Waals surface area contributed by atoms with Crippen LogP contribution in [0, 0.1) is 0 Å². The molecule has 0 radical (unpaired) electrons. The molecule has 2 aromatic heterocycles. The average Bonchev–Trinajstić information content (AvgIpc) is 2.73. The number of carbonyl (C=O) groups is 1. The van der Waals surface area contributed by atoms with Crippen LogP contribution in [0.15, 0.2) is 23.2 Å². The second kappa shape index (κ2) is 4.48. The molecular weight excluding hydrogens is 274 g/mol. The van der Waals surface area contributed by atoms with Crippen LogP contribution in [0.1, 0.15) is 0 Å². The number of likely N-dealkylation sites (N-methyl/N-ethyl adjacent to an activating group) is 1. The van der Waals surface area contributed by atoms with E-state index in [2.05, 4.69) is 36.5 Å². The minimum Gasteiger partial charge on any atom is -0.358 e. The maximum atomic E-state index is 11.1. The van der Waals surface area contributed by atoms with Crippen molar-refractivity contribution in [1.29, 1.82) is 0 Å². The van der Waals surface area contributed by atoms with E-state index in [0.29, 0.717) is 16.1 Å². The summed E-state index contributed by atoms with van der Waals surface area (Å²) in [6.45, 7) is 0.169. The SMILES string of the molecule is CNC(=O)CNc1nc(Br)cn2ccnc12. The third-order valence-corrected chi connectivity index (χ3v) is 2.42. The monoisotopic (exact) mass is 283 g/mol. The van der Waals surface area contributed by atoms with Crippen LogP contribution in [-0.4, -0.2) is 33.9 Å². The molecule has 0 atom stereocenters. The van der Waals surface area contributed by atoms with Gasteiger partial charge in [0, 0.05) is 25.6 Å². The van der Waals surface area contributed by atoms with E-state index in [4.69, 9.17) is 0 Å². The number of fused-ring (bicyclic) bond motifs is 1. The van der Waals surface area contributed by atoms with E-state index in [9.17, 15) is 4.79 Å².